The Morgan fingerprint density at radius 1 is 0.938 bits per heavy atom. The van der Waals surface area contributed by atoms with E-state index in [4.69, 9.17) is 5.73 Å². The van der Waals surface area contributed by atoms with Crippen molar-refractivity contribution < 1.29 is 4.79 Å². The van der Waals surface area contributed by atoms with E-state index >= 15 is 0 Å². The van der Waals surface area contributed by atoms with Crippen molar-refractivity contribution in [3.05, 3.63) is 9.47 Å². The van der Waals surface area contributed by atoms with E-state index in [2.05, 4.69) is 37.9 Å². The van der Waals surface area contributed by atoms with Crippen molar-refractivity contribution in [3.63, 3.8) is 0 Å². The number of allylic oxidation sites excluding steroid dienone is 1. The van der Waals surface area contributed by atoms with Crippen LogP contribution < -0.4 is 5.73 Å². The fraction of sp³-hybridized carbons (Fsp3) is 0.750. The molecule has 0 heterocycles. The normalized spacial score (nSPS) is 10.1. The molecule has 2 N–H and O–H groups in total. The van der Waals surface area contributed by atoms with Gasteiger partial charge in [-0.1, -0.05) is 38.2 Å². The number of rotatable bonds is 10. The fourth-order valence-corrected chi connectivity index (χ4v) is 2.00. The van der Waals surface area contributed by atoms with Gasteiger partial charge in [0.15, 0.2) is 0 Å². The minimum Gasteiger partial charge on any atom is -0.370 e. The number of primary amides is 1. The van der Waals surface area contributed by atoms with Gasteiger partial charge in [-0.2, -0.15) is 0 Å². The Kier molecular flexibility index (Phi) is 11.8. The smallest absolute Gasteiger partial charge is 0.217 e. The molecule has 2 nitrogen and oxygen atoms in total. The number of hydrogen-bond acceptors (Lipinski definition) is 1. The second kappa shape index (κ2) is 11.6. The van der Waals surface area contributed by atoms with Gasteiger partial charge in [-0.05, 0) is 51.1 Å². The van der Waals surface area contributed by atoms with Gasteiger partial charge in [0.05, 0.1) is 3.39 Å². The summed E-state index contributed by atoms with van der Waals surface area (Å²) in [6.07, 6.45) is 12.3. The van der Waals surface area contributed by atoms with Gasteiger partial charge in [0.25, 0.3) is 0 Å². The molecule has 0 aliphatic rings. The largest absolute Gasteiger partial charge is 0.370 e. The summed E-state index contributed by atoms with van der Waals surface area (Å²) in [6.45, 7) is 0. The first-order valence-electron chi connectivity index (χ1n) is 5.92. The van der Waals surface area contributed by atoms with E-state index in [0.717, 1.165) is 22.7 Å². The molecule has 0 aromatic carbocycles. The van der Waals surface area contributed by atoms with E-state index < -0.39 is 0 Å². The van der Waals surface area contributed by atoms with Crippen LogP contribution in [0.2, 0.25) is 0 Å². The third-order valence-electron chi connectivity index (χ3n) is 2.43. The molecule has 16 heavy (non-hydrogen) atoms. The predicted octanol–water partition coefficient (Wildman–Crippen LogP) is 4.61. The van der Waals surface area contributed by atoms with Crippen LogP contribution in [-0.4, -0.2) is 5.91 Å². The molecular weight excluding hydrogens is 334 g/mol. The average molecular weight is 355 g/mol. The SMILES string of the molecule is NC(=O)CCCCCCCCCC=C(Br)Br. The van der Waals surface area contributed by atoms with Crippen molar-refractivity contribution in [1.29, 1.82) is 0 Å². The van der Waals surface area contributed by atoms with Gasteiger partial charge >= 0.3 is 0 Å². The predicted molar refractivity (Wildman–Crippen MR) is 76.7 cm³/mol. The first-order chi connectivity index (χ1) is 7.63. The van der Waals surface area contributed by atoms with Gasteiger partial charge in [0, 0.05) is 6.42 Å². The monoisotopic (exact) mass is 353 g/mol. The Labute approximate surface area is 115 Å². The van der Waals surface area contributed by atoms with Crippen molar-refractivity contribution >= 4 is 37.8 Å². The third kappa shape index (κ3) is 14.2. The molecule has 0 unspecified atom stereocenters. The van der Waals surface area contributed by atoms with E-state index in [0.29, 0.717) is 6.42 Å². The summed E-state index contributed by atoms with van der Waals surface area (Å²) in [7, 11) is 0. The van der Waals surface area contributed by atoms with Crippen LogP contribution in [0.3, 0.4) is 0 Å². The molecule has 0 bridgehead atoms. The number of nitrogens with two attached hydrogens (primary N) is 1. The molecule has 0 atom stereocenters. The molecule has 0 fully saturated rings. The van der Waals surface area contributed by atoms with Crippen LogP contribution >= 0.6 is 31.9 Å². The summed E-state index contributed by atoms with van der Waals surface area (Å²) in [5, 5.41) is 0. The molecule has 0 aromatic rings. The summed E-state index contributed by atoms with van der Waals surface area (Å²) in [5.41, 5.74) is 5.06. The average Bonchev–Trinajstić information content (AvgIpc) is 2.20. The Bertz CT molecular complexity index is 213. The van der Waals surface area contributed by atoms with E-state index in [9.17, 15) is 4.79 Å². The molecule has 0 rings (SSSR count). The first-order valence-corrected chi connectivity index (χ1v) is 7.51. The summed E-state index contributed by atoms with van der Waals surface area (Å²) in [6, 6.07) is 0. The fourth-order valence-electron chi connectivity index (χ4n) is 1.54. The van der Waals surface area contributed by atoms with Gasteiger partial charge in [0.1, 0.15) is 0 Å². The zero-order valence-corrected chi connectivity index (χ0v) is 12.9. The quantitative estimate of drug-likeness (QED) is 0.571. The zero-order chi connectivity index (χ0) is 12.2. The van der Waals surface area contributed by atoms with Crippen LogP contribution in [0, 0.1) is 0 Å². The number of carbonyl (C=O) groups excluding carboxylic acids is 1. The highest BCUT2D eigenvalue weighted by atomic mass is 79.9. The Morgan fingerprint density at radius 3 is 1.94 bits per heavy atom. The Balaban J connectivity index is 3.04. The molecule has 0 saturated carbocycles. The lowest BCUT2D eigenvalue weighted by Crippen LogP contribution is -2.09. The van der Waals surface area contributed by atoms with Gasteiger partial charge in [-0.25, -0.2) is 0 Å². The van der Waals surface area contributed by atoms with E-state index in [1.54, 1.807) is 0 Å². The summed E-state index contributed by atoms with van der Waals surface area (Å²) in [5.74, 6) is -0.174. The van der Waals surface area contributed by atoms with Crippen molar-refractivity contribution in [2.45, 2.75) is 57.8 Å². The molecule has 4 heteroatoms. The highest BCUT2D eigenvalue weighted by Gasteiger charge is 1.95. The van der Waals surface area contributed by atoms with Crippen molar-refractivity contribution in [2.75, 3.05) is 0 Å². The van der Waals surface area contributed by atoms with Crippen molar-refractivity contribution in [3.8, 4) is 0 Å². The van der Waals surface area contributed by atoms with Gasteiger partial charge < -0.3 is 5.73 Å². The number of hydrogen-bond donors (Lipinski definition) is 1. The Morgan fingerprint density at radius 2 is 1.44 bits per heavy atom. The van der Waals surface area contributed by atoms with Crippen LogP contribution in [0.4, 0.5) is 0 Å². The topological polar surface area (TPSA) is 43.1 Å². The number of unbranched alkanes of at least 4 members (excludes halogenated alkanes) is 7. The van der Waals surface area contributed by atoms with Crippen LogP contribution in [0.1, 0.15) is 57.8 Å². The second-order valence-corrected chi connectivity index (χ2v) is 6.75. The lowest BCUT2D eigenvalue weighted by Gasteiger charge is -2.00. The highest BCUT2D eigenvalue weighted by Crippen LogP contribution is 2.16. The number of carbonyl (C=O) groups is 1. The molecule has 94 valence electrons. The zero-order valence-electron chi connectivity index (χ0n) is 9.68. The lowest BCUT2D eigenvalue weighted by atomic mass is 10.1. The number of halogens is 2. The second-order valence-electron chi connectivity index (χ2n) is 3.97. The Hall–Kier alpha value is 0.170. The van der Waals surface area contributed by atoms with Crippen molar-refractivity contribution in [2.24, 2.45) is 5.73 Å². The molecule has 0 saturated heterocycles. The maximum absolute atomic E-state index is 10.5. The molecule has 1 amide bonds. The lowest BCUT2D eigenvalue weighted by molar-refractivity contribution is -0.118. The molecule has 0 aromatic heterocycles. The minimum absolute atomic E-state index is 0.174. The van der Waals surface area contributed by atoms with E-state index in [1.165, 1.54) is 32.1 Å². The first kappa shape index (κ1) is 16.2. The van der Waals surface area contributed by atoms with Crippen LogP contribution in [0.25, 0.3) is 0 Å². The molecular formula is C12H21Br2NO. The maximum Gasteiger partial charge on any atom is 0.217 e. The van der Waals surface area contributed by atoms with Crippen molar-refractivity contribution in [1.82, 2.24) is 0 Å². The highest BCUT2D eigenvalue weighted by molar-refractivity contribution is 9.28. The van der Waals surface area contributed by atoms with Gasteiger partial charge in [-0.3, -0.25) is 4.79 Å². The molecule has 0 aliphatic carbocycles. The summed E-state index contributed by atoms with van der Waals surface area (Å²) < 4.78 is 1.05. The van der Waals surface area contributed by atoms with Crippen LogP contribution in [-0.2, 0) is 4.79 Å². The minimum atomic E-state index is -0.174. The third-order valence-corrected chi connectivity index (χ3v) is 3.07. The molecule has 0 radical (unpaired) electrons. The summed E-state index contributed by atoms with van der Waals surface area (Å²) in [4.78, 5) is 10.5. The summed E-state index contributed by atoms with van der Waals surface area (Å²) >= 11 is 6.67. The number of amides is 1. The standard InChI is InChI=1S/C12H21Br2NO/c13-11(14)9-7-5-3-1-2-4-6-8-10-12(15)16/h9H,1-8,10H2,(H2,15,16). The van der Waals surface area contributed by atoms with E-state index in [-0.39, 0.29) is 5.91 Å². The van der Waals surface area contributed by atoms with Gasteiger partial charge in [-0.15, -0.1) is 0 Å². The van der Waals surface area contributed by atoms with Gasteiger partial charge in [0.2, 0.25) is 5.91 Å². The van der Waals surface area contributed by atoms with Crippen LogP contribution in [0.15, 0.2) is 9.47 Å². The molecule has 0 aliphatic heterocycles. The molecule has 0 spiro atoms. The van der Waals surface area contributed by atoms with Crippen LogP contribution in [0.5, 0.6) is 0 Å². The van der Waals surface area contributed by atoms with E-state index in [1.807, 2.05) is 0 Å². The maximum atomic E-state index is 10.5.